The van der Waals surface area contributed by atoms with Crippen molar-refractivity contribution in [2.24, 2.45) is 0 Å². The predicted molar refractivity (Wildman–Crippen MR) is 63.2 cm³/mol. The SMILES string of the molecule is Cc1ccc(F)cc1C(=O)c1cnccc1N. The minimum absolute atomic E-state index is 0.293. The Labute approximate surface area is 98.1 Å². The number of pyridine rings is 1. The van der Waals surface area contributed by atoms with Crippen LogP contribution in [-0.2, 0) is 0 Å². The summed E-state index contributed by atoms with van der Waals surface area (Å²) in [6.07, 6.45) is 2.90. The van der Waals surface area contributed by atoms with Gasteiger partial charge in [-0.1, -0.05) is 6.07 Å². The number of aromatic nitrogens is 1. The number of ketones is 1. The van der Waals surface area contributed by atoms with E-state index in [-0.39, 0.29) is 5.78 Å². The smallest absolute Gasteiger partial charge is 0.197 e. The maximum atomic E-state index is 13.1. The van der Waals surface area contributed by atoms with Crippen molar-refractivity contribution in [2.75, 3.05) is 5.73 Å². The van der Waals surface area contributed by atoms with Crippen molar-refractivity contribution in [2.45, 2.75) is 6.92 Å². The summed E-state index contributed by atoms with van der Waals surface area (Å²) in [4.78, 5) is 16.0. The third-order valence-corrected chi connectivity index (χ3v) is 2.54. The van der Waals surface area contributed by atoms with E-state index in [1.807, 2.05) is 0 Å². The molecule has 1 aromatic carbocycles. The lowest BCUT2D eigenvalue weighted by molar-refractivity contribution is 0.103. The second-order valence-electron chi connectivity index (χ2n) is 3.75. The zero-order valence-electron chi connectivity index (χ0n) is 9.27. The normalized spacial score (nSPS) is 10.2. The highest BCUT2D eigenvalue weighted by atomic mass is 19.1. The molecule has 0 bridgehead atoms. The van der Waals surface area contributed by atoms with Crippen LogP contribution in [0, 0.1) is 12.7 Å². The monoisotopic (exact) mass is 230 g/mol. The second-order valence-corrected chi connectivity index (χ2v) is 3.75. The number of nitrogen functional groups attached to an aromatic ring is 1. The fourth-order valence-electron chi connectivity index (χ4n) is 1.58. The Balaban J connectivity index is 2.51. The lowest BCUT2D eigenvalue weighted by Crippen LogP contribution is -2.08. The highest BCUT2D eigenvalue weighted by molar-refractivity contribution is 6.12. The van der Waals surface area contributed by atoms with Crippen LogP contribution < -0.4 is 5.73 Å². The third-order valence-electron chi connectivity index (χ3n) is 2.54. The van der Waals surface area contributed by atoms with Crippen LogP contribution in [0.2, 0.25) is 0 Å². The molecule has 0 aliphatic rings. The molecule has 1 heterocycles. The zero-order chi connectivity index (χ0) is 12.4. The number of benzene rings is 1. The largest absolute Gasteiger partial charge is 0.398 e. The van der Waals surface area contributed by atoms with Crippen molar-refractivity contribution in [1.29, 1.82) is 0 Å². The third kappa shape index (κ3) is 2.15. The van der Waals surface area contributed by atoms with Crippen LogP contribution in [0.3, 0.4) is 0 Å². The molecular weight excluding hydrogens is 219 g/mol. The molecule has 0 saturated heterocycles. The average Bonchev–Trinajstić information content (AvgIpc) is 2.32. The van der Waals surface area contributed by atoms with Crippen LogP contribution in [0.4, 0.5) is 10.1 Å². The molecular formula is C13H11FN2O. The van der Waals surface area contributed by atoms with Gasteiger partial charge >= 0.3 is 0 Å². The lowest BCUT2D eigenvalue weighted by atomic mass is 9.99. The predicted octanol–water partition coefficient (Wildman–Crippen LogP) is 2.34. The maximum absolute atomic E-state index is 13.1. The minimum Gasteiger partial charge on any atom is -0.398 e. The van der Waals surface area contributed by atoms with Gasteiger partial charge in [0, 0.05) is 23.6 Å². The molecule has 0 spiro atoms. The first-order chi connectivity index (χ1) is 8.09. The van der Waals surface area contributed by atoms with Gasteiger partial charge in [-0.25, -0.2) is 4.39 Å². The number of rotatable bonds is 2. The summed E-state index contributed by atoms with van der Waals surface area (Å²) in [6.45, 7) is 1.75. The maximum Gasteiger partial charge on any atom is 0.197 e. The molecule has 4 heteroatoms. The summed E-state index contributed by atoms with van der Waals surface area (Å²) in [6, 6.07) is 5.64. The van der Waals surface area contributed by atoms with Crippen LogP contribution in [0.25, 0.3) is 0 Å². The summed E-state index contributed by atoms with van der Waals surface area (Å²) < 4.78 is 13.1. The van der Waals surface area contributed by atoms with E-state index in [0.717, 1.165) is 0 Å². The first kappa shape index (κ1) is 11.3. The molecule has 0 amide bonds. The number of anilines is 1. The van der Waals surface area contributed by atoms with Gasteiger partial charge in [0.05, 0.1) is 5.56 Å². The van der Waals surface area contributed by atoms with Crippen molar-refractivity contribution >= 4 is 11.5 Å². The molecule has 2 rings (SSSR count). The standard InChI is InChI=1S/C13H11FN2O/c1-8-2-3-9(14)6-10(8)13(17)11-7-16-5-4-12(11)15/h2-7H,1H3,(H2,15,16). The van der Waals surface area contributed by atoms with Gasteiger partial charge in [-0.3, -0.25) is 9.78 Å². The highest BCUT2D eigenvalue weighted by Gasteiger charge is 2.15. The van der Waals surface area contributed by atoms with E-state index >= 15 is 0 Å². The summed E-state index contributed by atoms with van der Waals surface area (Å²) in [5.41, 5.74) is 7.34. The molecule has 1 aromatic heterocycles. The Morgan fingerprint density at radius 3 is 2.76 bits per heavy atom. The van der Waals surface area contributed by atoms with Crippen LogP contribution >= 0.6 is 0 Å². The number of hydrogen-bond acceptors (Lipinski definition) is 3. The van der Waals surface area contributed by atoms with Gasteiger partial charge < -0.3 is 5.73 Å². The van der Waals surface area contributed by atoms with Gasteiger partial charge in [0.25, 0.3) is 0 Å². The molecule has 0 radical (unpaired) electrons. The zero-order valence-corrected chi connectivity index (χ0v) is 9.27. The minimum atomic E-state index is -0.443. The van der Waals surface area contributed by atoms with E-state index in [1.165, 1.54) is 24.5 Å². The molecule has 2 aromatic rings. The van der Waals surface area contributed by atoms with Gasteiger partial charge in [-0.2, -0.15) is 0 Å². The Bertz CT molecular complexity index is 581. The van der Waals surface area contributed by atoms with Gasteiger partial charge in [0.15, 0.2) is 5.78 Å². The van der Waals surface area contributed by atoms with Gasteiger partial charge in [0.2, 0.25) is 0 Å². The first-order valence-electron chi connectivity index (χ1n) is 5.10. The van der Waals surface area contributed by atoms with E-state index in [4.69, 9.17) is 5.73 Å². The lowest BCUT2D eigenvalue weighted by Gasteiger charge is -2.06. The van der Waals surface area contributed by atoms with Gasteiger partial charge in [-0.15, -0.1) is 0 Å². The van der Waals surface area contributed by atoms with Crippen molar-refractivity contribution in [3.05, 3.63) is 59.2 Å². The number of nitrogens with zero attached hydrogens (tertiary/aromatic N) is 1. The average molecular weight is 230 g/mol. The van der Waals surface area contributed by atoms with Crippen LogP contribution in [0.15, 0.2) is 36.7 Å². The summed E-state index contributed by atoms with van der Waals surface area (Å²) in [7, 11) is 0. The summed E-state index contributed by atoms with van der Waals surface area (Å²) in [5, 5.41) is 0. The molecule has 0 atom stereocenters. The van der Waals surface area contributed by atoms with Crippen LogP contribution in [-0.4, -0.2) is 10.8 Å². The number of nitrogens with two attached hydrogens (primary N) is 1. The number of aryl methyl sites for hydroxylation is 1. The van der Waals surface area contributed by atoms with Crippen LogP contribution in [0.1, 0.15) is 21.5 Å². The van der Waals surface area contributed by atoms with Gasteiger partial charge in [0.1, 0.15) is 5.82 Å². The second kappa shape index (κ2) is 4.33. The quantitative estimate of drug-likeness (QED) is 0.805. The topological polar surface area (TPSA) is 56.0 Å². The molecule has 0 fully saturated rings. The van der Waals surface area contributed by atoms with E-state index in [2.05, 4.69) is 4.98 Å². The number of halogens is 1. The van der Waals surface area contributed by atoms with Crippen molar-refractivity contribution in [1.82, 2.24) is 4.98 Å². The number of carbonyl (C=O) groups excluding carboxylic acids is 1. The number of carbonyl (C=O) groups is 1. The molecule has 17 heavy (non-hydrogen) atoms. The molecule has 0 saturated carbocycles. The molecule has 0 unspecified atom stereocenters. The van der Waals surface area contributed by atoms with E-state index in [0.29, 0.717) is 22.4 Å². The Kier molecular flexibility index (Phi) is 2.87. The molecule has 0 aliphatic carbocycles. The molecule has 2 N–H and O–H groups in total. The fraction of sp³-hybridized carbons (Fsp3) is 0.0769. The molecule has 3 nitrogen and oxygen atoms in total. The molecule has 0 aliphatic heterocycles. The van der Waals surface area contributed by atoms with Crippen molar-refractivity contribution in [3.63, 3.8) is 0 Å². The van der Waals surface area contributed by atoms with E-state index < -0.39 is 5.82 Å². The van der Waals surface area contributed by atoms with E-state index in [9.17, 15) is 9.18 Å². The Morgan fingerprint density at radius 2 is 2.06 bits per heavy atom. The van der Waals surface area contributed by atoms with Gasteiger partial charge in [-0.05, 0) is 30.7 Å². The number of hydrogen-bond donors (Lipinski definition) is 1. The Hall–Kier alpha value is -2.23. The fourth-order valence-corrected chi connectivity index (χ4v) is 1.58. The first-order valence-corrected chi connectivity index (χ1v) is 5.10. The highest BCUT2D eigenvalue weighted by Crippen LogP contribution is 2.18. The molecule has 86 valence electrons. The summed E-state index contributed by atoms with van der Waals surface area (Å²) >= 11 is 0. The van der Waals surface area contributed by atoms with Crippen molar-refractivity contribution in [3.8, 4) is 0 Å². The van der Waals surface area contributed by atoms with E-state index in [1.54, 1.807) is 19.1 Å². The van der Waals surface area contributed by atoms with Crippen LogP contribution in [0.5, 0.6) is 0 Å². The Morgan fingerprint density at radius 1 is 1.29 bits per heavy atom. The van der Waals surface area contributed by atoms with Crippen molar-refractivity contribution < 1.29 is 9.18 Å². The summed E-state index contributed by atoms with van der Waals surface area (Å²) in [5.74, 6) is -0.756.